The maximum atomic E-state index is 10.7. The van der Waals surface area contributed by atoms with Crippen LogP contribution in [0.2, 0.25) is 0 Å². The predicted octanol–water partition coefficient (Wildman–Crippen LogP) is 2.32. The van der Waals surface area contributed by atoms with Gasteiger partial charge in [0.15, 0.2) is 5.16 Å². The highest BCUT2D eigenvalue weighted by Gasteiger charge is 2.15. The normalized spacial score (nSPS) is 10.6. The number of carboxylic acid groups (broad SMARTS) is 1. The van der Waals surface area contributed by atoms with Crippen LogP contribution >= 0.6 is 11.8 Å². The van der Waals surface area contributed by atoms with Crippen LogP contribution < -0.4 is 4.74 Å². The molecule has 1 heterocycles. The second-order valence-corrected chi connectivity index (χ2v) is 5.37. The number of hydrogen-bond acceptors (Lipinski definition) is 5. The van der Waals surface area contributed by atoms with Crippen molar-refractivity contribution in [2.75, 3.05) is 12.9 Å². The van der Waals surface area contributed by atoms with Gasteiger partial charge in [-0.3, -0.25) is 9.36 Å². The minimum absolute atomic E-state index is 0.0447. The Morgan fingerprint density at radius 2 is 2.19 bits per heavy atom. The molecule has 6 nitrogen and oxygen atoms in total. The van der Waals surface area contributed by atoms with Crippen LogP contribution in [0.1, 0.15) is 18.3 Å². The summed E-state index contributed by atoms with van der Waals surface area (Å²) in [5, 5.41) is 17.6. The topological polar surface area (TPSA) is 77.2 Å². The summed E-state index contributed by atoms with van der Waals surface area (Å²) in [5.41, 5.74) is 1.91. The first kappa shape index (κ1) is 15.4. The van der Waals surface area contributed by atoms with Gasteiger partial charge < -0.3 is 9.84 Å². The zero-order valence-corrected chi connectivity index (χ0v) is 13.0. The van der Waals surface area contributed by atoms with Gasteiger partial charge in [-0.2, -0.15) is 0 Å². The summed E-state index contributed by atoms with van der Waals surface area (Å²) >= 11 is 1.16. The van der Waals surface area contributed by atoms with Crippen LogP contribution in [0.15, 0.2) is 23.4 Å². The molecule has 7 heteroatoms. The molecule has 0 fully saturated rings. The van der Waals surface area contributed by atoms with Crippen molar-refractivity contribution >= 4 is 17.7 Å². The van der Waals surface area contributed by atoms with Gasteiger partial charge in [0.05, 0.1) is 12.9 Å². The van der Waals surface area contributed by atoms with Crippen LogP contribution in [-0.4, -0.2) is 38.7 Å². The Balaban J connectivity index is 2.43. The van der Waals surface area contributed by atoms with Gasteiger partial charge in [-0.15, -0.1) is 10.2 Å². The van der Waals surface area contributed by atoms with Crippen molar-refractivity contribution in [3.05, 3.63) is 29.6 Å². The maximum Gasteiger partial charge on any atom is 0.313 e. The lowest BCUT2D eigenvalue weighted by Gasteiger charge is -2.11. The first-order chi connectivity index (χ1) is 10.1. The number of carbonyl (C=O) groups is 1. The number of aromatic nitrogens is 3. The van der Waals surface area contributed by atoms with E-state index in [0.717, 1.165) is 34.6 Å². The smallest absolute Gasteiger partial charge is 0.313 e. The first-order valence-electron chi connectivity index (χ1n) is 6.50. The number of carboxylic acids is 1. The molecule has 1 N–H and O–H groups in total. The van der Waals surface area contributed by atoms with E-state index in [1.54, 1.807) is 7.11 Å². The van der Waals surface area contributed by atoms with E-state index in [1.807, 2.05) is 36.6 Å². The molecule has 21 heavy (non-hydrogen) atoms. The van der Waals surface area contributed by atoms with E-state index in [4.69, 9.17) is 9.84 Å². The van der Waals surface area contributed by atoms with Crippen molar-refractivity contribution in [3.63, 3.8) is 0 Å². The lowest BCUT2D eigenvalue weighted by Crippen LogP contribution is -2.05. The third-order valence-corrected chi connectivity index (χ3v) is 3.89. The Labute approximate surface area is 127 Å². The van der Waals surface area contributed by atoms with Crippen molar-refractivity contribution in [2.45, 2.75) is 25.4 Å². The molecule has 0 atom stereocenters. The molecule has 0 radical (unpaired) electrons. The zero-order valence-electron chi connectivity index (χ0n) is 12.2. The summed E-state index contributed by atoms with van der Waals surface area (Å²) in [5.74, 6) is 0.687. The van der Waals surface area contributed by atoms with Crippen LogP contribution in [0.3, 0.4) is 0 Å². The maximum absolute atomic E-state index is 10.7. The Kier molecular flexibility index (Phi) is 4.85. The second kappa shape index (κ2) is 6.62. The van der Waals surface area contributed by atoms with Gasteiger partial charge in [0, 0.05) is 12.1 Å². The third-order valence-electron chi connectivity index (χ3n) is 2.98. The minimum atomic E-state index is -0.876. The summed E-state index contributed by atoms with van der Waals surface area (Å²) in [4.78, 5) is 10.7. The summed E-state index contributed by atoms with van der Waals surface area (Å²) in [6.07, 6.45) is 0.714. The van der Waals surface area contributed by atoms with Crippen LogP contribution in [0, 0.1) is 6.92 Å². The van der Waals surface area contributed by atoms with E-state index in [9.17, 15) is 4.79 Å². The molecule has 0 spiro atoms. The average molecular weight is 307 g/mol. The van der Waals surface area contributed by atoms with E-state index in [2.05, 4.69) is 10.2 Å². The summed E-state index contributed by atoms with van der Waals surface area (Å²) < 4.78 is 7.15. The fraction of sp³-hybridized carbons (Fsp3) is 0.357. The number of ether oxygens (including phenoxy) is 1. The Morgan fingerprint density at radius 1 is 1.43 bits per heavy atom. The number of hydrogen-bond donors (Lipinski definition) is 1. The predicted molar refractivity (Wildman–Crippen MR) is 80.4 cm³/mol. The van der Waals surface area contributed by atoms with Crippen molar-refractivity contribution in [1.29, 1.82) is 0 Å². The molecule has 1 aromatic heterocycles. The monoisotopic (exact) mass is 307 g/mol. The van der Waals surface area contributed by atoms with E-state index in [0.29, 0.717) is 11.6 Å². The van der Waals surface area contributed by atoms with Crippen LogP contribution in [0.25, 0.3) is 5.69 Å². The van der Waals surface area contributed by atoms with Gasteiger partial charge in [0.1, 0.15) is 11.6 Å². The molecule has 0 saturated carbocycles. The molecule has 0 aliphatic rings. The second-order valence-electron chi connectivity index (χ2n) is 4.42. The number of aryl methyl sites for hydroxylation is 2. The molecule has 0 unspecified atom stereocenters. The van der Waals surface area contributed by atoms with Crippen molar-refractivity contribution in [1.82, 2.24) is 14.8 Å². The quantitative estimate of drug-likeness (QED) is 0.825. The van der Waals surface area contributed by atoms with Gasteiger partial charge in [-0.05, 0) is 30.7 Å². The summed E-state index contributed by atoms with van der Waals surface area (Å²) in [7, 11) is 1.63. The molecule has 112 valence electrons. The van der Waals surface area contributed by atoms with Gasteiger partial charge in [0.25, 0.3) is 0 Å². The highest BCUT2D eigenvalue weighted by atomic mass is 32.2. The molecule has 2 rings (SSSR count). The van der Waals surface area contributed by atoms with E-state index >= 15 is 0 Å². The molecule has 0 amide bonds. The van der Waals surface area contributed by atoms with Crippen LogP contribution in [-0.2, 0) is 11.2 Å². The number of benzene rings is 1. The molecule has 1 aromatic carbocycles. The molecule has 0 saturated heterocycles. The van der Waals surface area contributed by atoms with Crippen molar-refractivity contribution in [2.24, 2.45) is 0 Å². The Morgan fingerprint density at radius 3 is 2.76 bits per heavy atom. The number of nitrogens with zero attached hydrogens (tertiary/aromatic N) is 3. The largest absolute Gasteiger partial charge is 0.496 e. The molecular formula is C14H17N3O3S. The van der Waals surface area contributed by atoms with Crippen LogP contribution in [0.5, 0.6) is 5.75 Å². The van der Waals surface area contributed by atoms with Crippen molar-refractivity contribution in [3.8, 4) is 11.4 Å². The number of methoxy groups -OCH3 is 1. The standard InChI is InChI=1S/C14H17N3O3S/c1-4-12-15-16-14(21-8-13(18)19)17(12)10-5-6-11(20-3)9(2)7-10/h5-7H,4,8H2,1-3H3,(H,18,19). The van der Waals surface area contributed by atoms with Crippen LogP contribution in [0.4, 0.5) is 0 Å². The lowest BCUT2D eigenvalue weighted by atomic mass is 10.2. The fourth-order valence-electron chi connectivity index (χ4n) is 2.01. The summed E-state index contributed by atoms with van der Waals surface area (Å²) in [6, 6.07) is 5.78. The van der Waals surface area contributed by atoms with E-state index in [1.165, 1.54) is 0 Å². The molecule has 0 aliphatic heterocycles. The van der Waals surface area contributed by atoms with Crippen molar-refractivity contribution < 1.29 is 14.6 Å². The van der Waals surface area contributed by atoms with Gasteiger partial charge in [0.2, 0.25) is 0 Å². The van der Waals surface area contributed by atoms with E-state index < -0.39 is 5.97 Å². The molecule has 0 bridgehead atoms. The lowest BCUT2D eigenvalue weighted by molar-refractivity contribution is -0.133. The summed E-state index contributed by atoms with van der Waals surface area (Å²) in [6.45, 7) is 3.95. The fourth-order valence-corrected chi connectivity index (χ4v) is 2.70. The van der Waals surface area contributed by atoms with E-state index in [-0.39, 0.29) is 5.75 Å². The molecule has 2 aromatic rings. The van der Waals surface area contributed by atoms with Gasteiger partial charge in [-0.25, -0.2) is 0 Å². The number of aliphatic carboxylic acids is 1. The Bertz CT molecular complexity index is 655. The SMILES string of the molecule is CCc1nnc(SCC(=O)O)n1-c1ccc(OC)c(C)c1. The van der Waals surface area contributed by atoms with Gasteiger partial charge >= 0.3 is 5.97 Å². The molecule has 0 aliphatic carbocycles. The number of rotatable bonds is 6. The minimum Gasteiger partial charge on any atom is -0.496 e. The average Bonchev–Trinajstić information content (AvgIpc) is 2.87. The zero-order chi connectivity index (χ0) is 15.4. The highest BCUT2D eigenvalue weighted by Crippen LogP contribution is 2.26. The number of thioether (sulfide) groups is 1. The van der Waals surface area contributed by atoms with Gasteiger partial charge in [-0.1, -0.05) is 18.7 Å². The first-order valence-corrected chi connectivity index (χ1v) is 7.49. The molecular weight excluding hydrogens is 290 g/mol. The highest BCUT2D eigenvalue weighted by molar-refractivity contribution is 7.99. The third kappa shape index (κ3) is 3.36. The Hall–Kier alpha value is -2.02.